The maximum absolute atomic E-state index is 5.39. The van der Waals surface area contributed by atoms with Crippen molar-refractivity contribution in [3.8, 4) is 5.75 Å². The molecule has 1 aliphatic heterocycles. The van der Waals surface area contributed by atoms with Crippen LogP contribution in [0, 0.1) is 6.92 Å². The monoisotopic (exact) mass is 457 g/mol. The molecule has 0 aromatic heterocycles. The molecule has 2 heteroatoms. The zero-order chi connectivity index (χ0) is 23.8. The van der Waals surface area contributed by atoms with Gasteiger partial charge in [-0.1, -0.05) is 72.6 Å². The quantitative estimate of drug-likeness (QED) is 0.279. The normalized spacial score (nSPS) is 18.9. The van der Waals surface area contributed by atoms with E-state index in [1.54, 1.807) is 7.11 Å². The van der Waals surface area contributed by atoms with Crippen LogP contribution in [0.3, 0.4) is 0 Å². The first-order valence-electron chi connectivity index (χ1n) is 12.6. The molecule has 1 heterocycles. The number of benzene rings is 4. The molecule has 0 bridgehead atoms. The van der Waals surface area contributed by atoms with Gasteiger partial charge in [0.05, 0.1) is 7.11 Å². The second-order valence-electron chi connectivity index (χ2n) is 9.78. The molecule has 1 saturated carbocycles. The highest BCUT2D eigenvalue weighted by Crippen LogP contribution is 2.52. The van der Waals surface area contributed by atoms with Gasteiger partial charge >= 0.3 is 0 Å². The lowest BCUT2D eigenvalue weighted by Gasteiger charge is -2.27. The van der Waals surface area contributed by atoms with Crippen molar-refractivity contribution in [1.82, 2.24) is 0 Å². The highest BCUT2D eigenvalue weighted by molar-refractivity contribution is 5.92. The minimum Gasteiger partial charge on any atom is -0.497 e. The fourth-order valence-electron chi connectivity index (χ4n) is 5.89. The summed E-state index contributed by atoms with van der Waals surface area (Å²) in [6.07, 6.45) is 6.19. The third-order valence-corrected chi connectivity index (χ3v) is 7.63. The smallest absolute Gasteiger partial charge is 0.118 e. The van der Waals surface area contributed by atoms with Crippen molar-refractivity contribution < 1.29 is 4.74 Å². The van der Waals surface area contributed by atoms with Crippen molar-refractivity contribution in [2.24, 2.45) is 0 Å². The van der Waals surface area contributed by atoms with Crippen LogP contribution >= 0.6 is 0 Å². The number of hydrogen-bond acceptors (Lipinski definition) is 2. The van der Waals surface area contributed by atoms with E-state index in [9.17, 15) is 0 Å². The second kappa shape index (κ2) is 9.11. The van der Waals surface area contributed by atoms with Crippen LogP contribution in [-0.2, 0) is 0 Å². The Hall–Kier alpha value is -3.78. The minimum atomic E-state index is 0.571. The van der Waals surface area contributed by atoms with Gasteiger partial charge in [0.2, 0.25) is 0 Å². The standard InChI is InChI=1S/C33H31NO/c1-23-11-16-27(17-12-23)34-32-10-6-9-29(32)31-22-24(13-20-33(31)34)21-30(25-7-4-3-5-8-25)26-14-18-28(35-2)19-15-26/h3-5,7-8,11-22,29,32H,6,9-10H2,1-2H3. The first-order chi connectivity index (χ1) is 17.2. The van der Waals surface area contributed by atoms with Crippen molar-refractivity contribution in [3.63, 3.8) is 0 Å². The largest absolute Gasteiger partial charge is 0.497 e. The predicted molar refractivity (Wildman–Crippen MR) is 147 cm³/mol. The molecule has 0 radical (unpaired) electrons. The number of rotatable bonds is 5. The minimum absolute atomic E-state index is 0.571. The maximum Gasteiger partial charge on any atom is 0.118 e. The van der Waals surface area contributed by atoms with Crippen LogP contribution in [0.2, 0.25) is 0 Å². The summed E-state index contributed by atoms with van der Waals surface area (Å²) < 4.78 is 5.39. The summed E-state index contributed by atoms with van der Waals surface area (Å²) in [5, 5.41) is 0. The van der Waals surface area contributed by atoms with Crippen LogP contribution in [0.15, 0.2) is 97.1 Å². The highest BCUT2D eigenvalue weighted by atomic mass is 16.5. The van der Waals surface area contributed by atoms with Crippen LogP contribution in [0.4, 0.5) is 11.4 Å². The number of anilines is 2. The average molecular weight is 458 g/mol. The molecule has 0 spiro atoms. The molecule has 1 fully saturated rings. The summed E-state index contributed by atoms with van der Waals surface area (Å²) in [5.74, 6) is 1.49. The van der Waals surface area contributed by atoms with Crippen LogP contribution in [0.25, 0.3) is 11.6 Å². The van der Waals surface area contributed by atoms with Gasteiger partial charge in [-0.05, 0) is 90.1 Å². The predicted octanol–water partition coefficient (Wildman–Crippen LogP) is 8.38. The van der Waals surface area contributed by atoms with E-state index in [0.29, 0.717) is 12.0 Å². The average Bonchev–Trinajstić information content (AvgIpc) is 3.50. The van der Waals surface area contributed by atoms with E-state index in [1.807, 2.05) is 12.1 Å². The van der Waals surface area contributed by atoms with Crippen LogP contribution < -0.4 is 9.64 Å². The molecule has 4 aromatic carbocycles. The van der Waals surface area contributed by atoms with Crippen LogP contribution in [0.1, 0.15) is 53.0 Å². The summed E-state index contributed by atoms with van der Waals surface area (Å²) in [6.45, 7) is 2.16. The molecule has 0 amide bonds. The lowest BCUT2D eigenvalue weighted by Crippen LogP contribution is -2.26. The highest BCUT2D eigenvalue weighted by Gasteiger charge is 2.42. The lowest BCUT2D eigenvalue weighted by molar-refractivity contribution is 0.415. The summed E-state index contributed by atoms with van der Waals surface area (Å²) in [4.78, 5) is 2.60. The number of methoxy groups -OCH3 is 1. The molecule has 2 atom stereocenters. The Morgan fingerprint density at radius 2 is 1.57 bits per heavy atom. The molecule has 0 N–H and O–H groups in total. The topological polar surface area (TPSA) is 12.5 Å². The molecule has 6 rings (SSSR count). The van der Waals surface area contributed by atoms with Gasteiger partial charge in [-0.2, -0.15) is 0 Å². The molecule has 2 nitrogen and oxygen atoms in total. The van der Waals surface area contributed by atoms with Crippen molar-refractivity contribution in [2.75, 3.05) is 12.0 Å². The van der Waals surface area contributed by atoms with Gasteiger partial charge in [-0.15, -0.1) is 0 Å². The van der Waals surface area contributed by atoms with Gasteiger partial charge in [0.15, 0.2) is 0 Å². The van der Waals surface area contributed by atoms with Gasteiger partial charge in [0, 0.05) is 23.3 Å². The fourth-order valence-corrected chi connectivity index (χ4v) is 5.89. The van der Waals surface area contributed by atoms with Crippen molar-refractivity contribution in [1.29, 1.82) is 0 Å². The SMILES string of the molecule is COc1ccc(C(=Cc2ccc3c(c2)C2CCCC2N3c2ccc(C)cc2)c2ccccc2)cc1. The number of nitrogens with zero attached hydrogens (tertiary/aromatic N) is 1. The molecule has 0 saturated heterocycles. The zero-order valence-electron chi connectivity index (χ0n) is 20.4. The number of ether oxygens (including phenoxy) is 1. The molecule has 2 aliphatic rings. The van der Waals surface area contributed by atoms with Gasteiger partial charge in [0.25, 0.3) is 0 Å². The van der Waals surface area contributed by atoms with Gasteiger partial charge in [-0.3, -0.25) is 0 Å². The van der Waals surface area contributed by atoms with E-state index < -0.39 is 0 Å². The Labute approximate surface area is 208 Å². The Balaban J connectivity index is 1.43. The van der Waals surface area contributed by atoms with E-state index in [2.05, 4.69) is 103 Å². The first-order valence-corrected chi connectivity index (χ1v) is 12.6. The molecular formula is C33H31NO. The van der Waals surface area contributed by atoms with Crippen LogP contribution in [0.5, 0.6) is 5.75 Å². The van der Waals surface area contributed by atoms with E-state index in [4.69, 9.17) is 4.74 Å². The molecule has 174 valence electrons. The van der Waals surface area contributed by atoms with E-state index >= 15 is 0 Å². The van der Waals surface area contributed by atoms with Gasteiger partial charge in [0.1, 0.15) is 5.75 Å². The van der Waals surface area contributed by atoms with Gasteiger partial charge in [-0.25, -0.2) is 0 Å². The lowest BCUT2D eigenvalue weighted by atomic mass is 9.93. The number of fused-ring (bicyclic) bond motifs is 3. The first kappa shape index (κ1) is 21.7. The maximum atomic E-state index is 5.39. The summed E-state index contributed by atoms with van der Waals surface area (Å²) in [5.41, 5.74) is 10.4. The van der Waals surface area contributed by atoms with E-state index in [1.165, 1.54) is 64.0 Å². The second-order valence-corrected chi connectivity index (χ2v) is 9.78. The summed E-state index contributed by atoms with van der Waals surface area (Å²) >= 11 is 0. The third-order valence-electron chi connectivity index (χ3n) is 7.63. The van der Waals surface area contributed by atoms with Crippen molar-refractivity contribution in [3.05, 3.63) is 125 Å². The van der Waals surface area contributed by atoms with Gasteiger partial charge < -0.3 is 9.64 Å². The Kier molecular flexibility index (Phi) is 5.66. The Morgan fingerprint density at radius 3 is 2.31 bits per heavy atom. The molecule has 1 aliphatic carbocycles. The number of hydrogen-bond donors (Lipinski definition) is 0. The third kappa shape index (κ3) is 4.04. The van der Waals surface area contributed by atoms with E-state index in [-0.39, 0.29) is 0 Å². The fraction of sp³-hybridized carbons (Fsp3) is 0.212. The Bertz CT molecular complexity index is 1350. The van der Waals surface area contributed by atoms with E-state index in [0.717, 1.165) is 5.75 Å². The van der Waals surface area contributed by atoms with Crippen molar-refractivity contribution in [2.45, 2.75) is 38.1 Å². The molecule has 2 unspecified atom stereocenters. The van der Waals surface area contributed by atoms with Crippen molar-refractivity contribution >= 4 is 23.0 Å². The molecular weight excluding hydrogens is 426 g/mol. The molecule has 35 heavy (non-hydrogen) atoms. The zero-order valence-corrected chi connectivity index (χ0v) is 20.4. The van der Waals surface area contributed by atoms with Crippen LogP contribution in [-0.4, -0.2) is 13.2 Å². The Morgan fingerprint density at radius 1 is 0.829 bits per heavy atom. The summed E-state index contributed by atoms with van der Waals surface area (Å²) in [6, 6.07) is 35.7. The molecule has 4 aromatic rings. The number of aryl methyl sites for hydroxylation is 1. The summed E-state index contributed by atoms with van der Waals surface area (Å²) in [7, 11) is 1.71.